The van der Waals surface area contributed by atoms with E-state index < -0.39 is 0 Å². The van der Waals surface area contributed by atoms with Crippen molar-refractivity contribution in [2.75, 3.05) is 0 Å². The third kappa shape index (κ3) is 3.08. The number of hydrogen-bond acceptors (Lipinski definition) is 5. The number of amides is 1. The topological polar surface area (TPSA) is 54.9 Å². The second kappa shape index (κ2) is 6.37. The highest BCUT2D eigenvalue weighted by Crippen LogP contribution is 2.25. The number of aryl methyl sites for hydroxylation is 2. The molecule has 0 saturated carbocycles. The molecule has 0 aliphatic heterocycles. The van der Waals surface area contributed by atoms with Crippen LogP contribution >= 0.6 is 22.7 Å². The van der Waals surface area contributed by atoms with E-state index in [1.165, 1.54) is 22.7 Å². The molecule has 1 aromatic carbocycles. The number of nitrogens with zero attached hydrogens (tertiary/aromatic N) is 2. The summed E-state index contributed by atoms with van der Waals surface area (Å²) in [5.74, 6) is -0.161. The summed E-state index contributed by atoms with van der Waals surface area (Å²) in [6.07, 6.45) is 1.75. The largest absolute Gasteiger partial charge is 0.337 e. The molecule has 4 nitrogen and oxygen atoms in total. The molecule has 0 saturated heterocycles. The number of rotatable bonds is 4. The van der Waals surface area contributed by atoms with Gasteiger partial charge in [0.1, 0.15) is 16.7 Å². The summed E-state index contributed by atoms with van der Waals surface area (Å²) in [4.78, 5) is 22.2. The molecule has 0 unspecified atom stereocenters. The zero-order valence-corrected chi connectivity index (χ0v) is 13.9. The number of benzene rings is 1. The van der Waals surface area contributed by atoms with Crippen LogP contribution in [0.1, 0.15) is 37.0 Å². The van der Waals surface area contributed by atoms with E-state index in [1.807, 2.05) is 49.6 Å². The lowest BCUT2D eigenvalue weighted by Crippen LogP contribution is -2.30. The minimum absolute atomic E-state index is 0.161. The van der Waals surface area contributed by atoms with Gasteiger partial charge in [0.15, 0.2) is 0 Å². The molecular weight excluding hydrogens is 314 g/mol. The van der Waals surface area contributed by atoms with Crippen molar-refractivity contribution in [2.45, 2.75) is 19.9 Å². The highest BCUT2D eigenvalue weighted by molar-refractivity contribution is 7.11. The van der Waals surface area contributed by atoms with Gasteiger partial charge in [-0.1, -0.05) is 30.3 Å². The van der Waals surface area contributed by atoms with Gasteiger partial charge in [-0.25, -0.2) is 9.97 Å². The third-order valence-electron chi connectivity index (χ3n) is 3.23. The average molecular weight is 329 g/mol. The summed E-state index contributed by atoms with van der Waals surface area (Å²) in [5.41, 5.74) is 1.51. The van der Waals surface area contributed by atoms with Gasteiger partial charge in [0, 0.05) is 16.5 Å². The Morgan fingerprint density at radius 1 is 1.23 bits per heavy atom. The van der Waals surface area contributed by atoms with Crippen LogP contribution in [0.3, 0.4) is 0 Å². The molecule has 3 rings (SSSR count). The van der Waals surface area contributed by atoms with Crippen molar-refractivity contribution in [1.29, 1.82) is 0 Å². The van der Waals surface area contributed by atoms with E-state index in [1.54, 1.807) is 6.20 Å². The van der Waals surface area contributed by atoms with Crippen LogP contribution in [-0.4, -0.2) is 15.9 Å². The van der Waals surface area contributed by atoms with Gasteiger partial charge < -0.3 is 5.32 Å². The van der Waals surface area contributed by atoms with Crippen molar-refractivity contribution in [3.8, 4) is 0 Å². The van der Waals surface area contributed by atoms with Gasteiger partial charge >= 0.3 is 0 Å². The molecule has 2 heterocycles. The quantitative estimate of drug-likeness (QED) is 0.793. The van der Waals surface area contributed by atoms with Crippen LogP contribution < -0.4 is 5.32 Å². The van der Waals surface area contributed by atoms with Crippen LogP contribution in [0.2, 0.25) is 0 Å². The number of carbonyl (C=O) groups excluding carboxylic acids is 1. The van der Waals surface area contributed by atoms with E-state index in [-0.39, 0.29) is 11.9 Å². The van der Waals surface area contributed by atoms with Crippen molar-refractivity contribution in [3.63, 3.8) is 0 Å². The lowest BCUT2D eigenvalue weighted by Gasteiger charge is -2.16. The van der Waals surface area contributed by atoms with Gasteiger partial charge in [-0.15, -0.1) is 22.7 Å². The fourth-order valence-corrected chi connectivity index (χ4v) is 3.78. The van der Waals surface area contributed by atoms with Crippen molar-refractivity contribution in [2.24, 2.45) is 0 Å². The first-order chi connectivity index (χ1) is 10.6. The standard InChI is InChI=1S/C16H15N3OS2/c1-10-13(18-11(2)22-10)15(20)19-14(16-17-8-9-21-16)12-6-4-3-5-7-12/h3-9,14H,1-2H3,(H,19,20)/t14-/m0/s1. The SMILES string of the molecule is Cc1nc(C(=O)N[C@@H](c2ccccc2)c2nccs2)c(C)s1. The molecule has 1 N–H and O–H groups in total. The third-order valence-corrected chi connectivity index (χ3v) is 4.95. The van der Waals surface area contributed by atoms with Crippen molar-refractivity contribution in [1.82, 2.24) is 15.3 Å². The minimum Gasteiger partial charge on any atom is -0.337 e. The minimum atomic E-state index is -0.255. The molecule has 2 aromatic heterocycles. The van der Waals surface area contributed by atoms with E-state index in [4.69, 9.17) is 0 Å². The molecule has 3 aromatic rings. The lowest BCUT2D eigenvalue weighted by atomic mass is 10.1. The maximum atomic E-state index is 12.6. The van der Waals surface area contributed by atoms with Crippen molar-refractivity contribution in [3.05, 3.63) is 68.1 Å². The Bertz CT molecular complexity index is 766. The molecule has 0 fully saturated rings. The predicted octanol–water partition coefficient (Wildman–Crippen LogP) is 3.74. The maximum absolute atomic E-state index is 12.6. The molecule has 0 aliphatic carbocycles. The Labute approximate surface area is 136 Å². The molecule has 0 radical (unpaired) electrons. The van der Waals surface area contributed by atoms with Gasteiger partial charge in [-0.2, -0.15) is 0 Å². The molecular formula is C16H15N3OS2. The van der Waals surface area contributed by atoms with E-state index in [0.717, 1.165) is 20.5 Å². The summed E-state index contributed by atoms with van der Waals surface area (Å²) in [7, 11) is 0. The van der Waals surface area contributed by atoms with E-state index in [0.29, 0.717) is 5.69 Å². The zero-order chi connectivity index (χ0) is 15.5. The van der Waals surface area contributed by atoms with Crippen LogP contribution in [-0.2, 0) is 0 Å². The summed E-state index contributed by atoms with van der Waals surface area (Å²) in [6.45, 7) is 3.82. The average Bonchev–Trinajstić information content (AvgIpc) is 3.15. The van der Waals surface area contributed by atoms with Crippen molar-refractivity contribution >= 4 is 28.6 Å². The van der Waals surface area contributed by atoms with Crippen LogP contribution in [0.4, 0.5) is 0 Å². The Morgan fingerprint density at radius 2 is 2.00 bits per heavy atom. The lowest BCUT2D eigenvalue weighted by molar-refractivity contribution is 0.0938. The Hall–Kier alpha value is -2.05. The highest BCUT2D eigenvalue weighted by atomic mass is 32.1. The Balaban J connectivity index is 1.91. The van der Waals surface area contributed by atoms with Crippen LogP contribution in [0.25, 0.3) is 0 Å². The predicted molar refractivity (Wildman–Crippen MR) is 89.5 cm³/mol. The van der Waals surface area contributed by atoms with Gasteiger partial charge in [0.05, 0.1) is 5.01 Å². The molecule has 6 heteroatoms. The number of thiazole rings is 2. The molecule has 0 aliphatic rings. The first-order valence-corrected chi connectivity index (χ1v) is 8.54. The fourth-order valence-electron chi connectivity index (χ4n) is 2.25. The molecule has 112 valence electrons. The first-order valence-electron chi connectivity index (χ1n) is 6.84. The molecule has 22 heavy (non-hydrogen) atoms. The Morgan fingerprint density at radius 3 is 2.59 bits per heavy atom. The molecule has 1 amide bonds. The number of nitrogens with one attached hydrogen (secondary N) is 1. The second-order valence-electron chi connectivity index (χ2n) is 4.83. The smallest absolute Gasteiger partial charge is 0.271 e. The second-order valence-corrected chi connectivity index (χ2v) is 7.16. The van der Waals surface area contributed by atoms with Gasteiger partial charge in [0.25, 0.3) is 5.91 Å². The molecule has 0 spiro atoms. The number of hydrogen-bond donors (Lipinski definition) is 1. The molecule has 1 atom stereocenters. The number of aromatic nitrogens is 2. The summed E-state index contributed by atoms with van der Waals surface area (Å²) in [6, 6.07) is 9.60. The maximum Gasteiger partial charge on any atom is 0.271 e. The highest BCUT2D eigenvalue weighted by Gasteiger charge is 2.22. The number of carbonyl (C=O) groups is 1. The Kier molecular flexibility index (Phi) is 4.31. The van der Waals surface area contributed by atoms with Gasteiger partial charge in [-0.05, 0) is 19.4 Å². The van der Waals surface area contributed by atoms with E-state index in [2.05, 4.69) is 15.3 Å². The first kappa shape index (κ1) is 14.9. The van der Waals surface area contributed by atoms with E-state index in [9.17, 15) is 4.79 Å². The monoisotopic (exact) mass is 329 g/mol. The molecule has 0 bridgehead atoms. The van der Waals surface area contributed by atoms with Crippen LogP contribution in [0.5, 0.6) is 0 Å². The van der Waals surface area contributed by atoms with Gasteiger partial charge in [0.2, 0.25) is 0 Å². The normalized spacial score (nSPS) is 12.1. The zero-order valence-electron chi connectivity index (χ0n) is 12.2. The van der Waals surface area contributed by atoms with Crippen LogP contribution in [0, 0.1) is 13.8 Å². The fraction of sp³-hybridized carbons (Fsp3) is 0.188. The summed E-state index contributed by atoms with van der Waals surface area (Å²) < 4.78 is 0. The van der Waals surface area contributed by atoms with E-state index >= 15 is 0 Å². The van der Waals surface area contributed by atoms with Crippen LogP contribution in [0.15, 0.2) is 41.9 Å². The summed E-state index contributed by atoms with van der Waals surface area (Å²) in [5, 5.41) is 6.73. The summed E-state index contributed by atoms with van der Waals surface area (Å²) >= 11 is 3.06. The van der Waals surface area contributed by atoms with Gasteiger partial charge in [-0.3, -0.25) is 4.79 Å². The van der Waals surface area contributed by atoms with Crippen molar-refractivity contribution < 1.29 is 4.79 Å².